The molecule has 4 aromatic rings. The number of ketones is 1. The summed E-state index contributed by atoms with van der Waals surface area (Å²) in [5, 5.41) is 4.08. The van der Waals surface area contributed by atoms with E-state index in [4.69, 9.17) is 21.1 Å². The van der Waals surface area contributed by atoms with Crippen molar-refractivity contribution in [3.8, 4) is 11.5 Å². The molecule has 1 amide bonds. The number of nitrogens with one attached hydrogen (secondary N) is 2. The maximum absolute atomic E-state index is 13.5. The maximum Gasteiger partial charge on any atom is 0.251 e. The van der Waals surface area contributed by atoms with Gasteiger partial charge in [0.1, 0.15) is 23.2 Å². The second kappa shape index (κ2) is 8.81. The molecule has 8 nitrogen and oxygen atoms in total. The molecule has 3 heterocycles. The van der Waals surface area contributed by atoms with E-state index in [0.29, 0.717) is 45.0 Å². The van der Waals surface area contributed by atoms with Gasteiger partial charge < -0.3 is 24.7 Å². The number of fused-ring (bicyclic) bond motifs is 3. The van der Waals surface area contributed by atoms with Crippen LogP contribution >= 0.6 is 11.6 Å². The van der Waals surface area contributed by atoms with Crippen LogP contribution in [0.2, 0.25) is 5.02 Å². The summed E-state index contributed by atoms with van der Waals surface area (Å²) in [5.41, 5.74) is 2.46. The van der Waals surface area contributed by atoms with Crippen LogP contribution in [0.5, 0.6) is 11.5 Å². The van der Waals surface area contributed by atoms with Crippen LogP contribution in [0.4, 0.5) is 11.4 Å². The zero-order chi connectivity index (χ0) is 23.8. The van der Waals surface area contributed by atoms with Crippen LogP contribution in [0, 0.1) is 0 Å². The lowest BCUT2D eigenvalue weighted by atomic mass is 10.0. The van der Waals surface area contributed by atoms with Crippen LogP contribution in [-0.2, 0) is 9.53 Å². The zero-order valence-corrected chi connectivity index (χ0v) is 19.2. The predicted octanol–water partition coefficient (Wildman–Crippen LogP) is 4.64. The van der Waals surface area contributed by atoms with Crippen molar-refractivity contribution in [2.75, 3.05) is 31.0 Å². The van der Waals surface area contributed by atoms with Crippen molar-refractivity contribution >= 4 is 45.7 Å². The summed E-state index contributed by atoms with van der Waals surface area (Å²) in [6, 6.07) is 13.7. The summed E-state index contributed by atoms with van der Waals surface area (Å²) in [6.07, 6.45) is 3.20. The van der Waals surface area contributed by atoms with Gasteiger partial charge in [0, 0.05) is 32.0 Å². The number of likely N-dealkylation sites (N-methyl/N-ethyl adjacent to an activating group) is 1. The van der Waals surface area contributed by atoms with Gasteiger partial charge in [-0.25, -0.2) is 4.98 Å². The van der Waals surface area contributed by atoms with Gasteiger partial charge in [0.15, 0.2) is 5.78 Å². The number of aromatic nitrogens is 2. The normalized spacial score (nSPS) is 15.2. The molecule has 0 saturated carbocycles. The van der Waals surface area contributed by atoms with E-state index in [0.717, 1.165) is 0 Å². The summed E-state index contributed by atoms with van der Waals surface area (Å²) < 4.78 is 11.0. The first kappa shape index (κ1) is 21.9. The number of hydrogen-bond acceptors (Lipinski definition) is 6. The third-order valence-electron chi connectivity index (χ3n) is 5.73. The van der Waals surface area contributed by atoms with Crippen molar-refractivity contribution in [3.63, 3.8) is 0 Å². The van der Waals surface area contributed by atoms with Crippen LogP contribution in [0.25, 0.3) is 11.0 Å². The molecule has 1 aliphatic heterocycles. The van der Waals surface area contributed by atoms with E-state index < -0.39 is 6.04 Å². The summed E-state index contributed by atoms with van der Waals surface area (Å²) >= 11 is 6.50. The standard InChI is InChI=1S/C25H21ClN4O4/c1-30-20-12-28-24-21(22(20)29-19(13-33-2)25(30)32)17(11-27-24)23(31)16-9-8-15(10-18(16)26)34-14-6-4-3-5-7-14/h3-12,19,29H,13H2,1-2H3,(H,27,28). The number of para-hydroxylation sites is 1. The Labute approximate surface area is 200 Å². The Hall–Kier alpha value is -3.88. The topological polar surface area (TPSA) is 96.5 Å². The fraction of sp³-hybridized carbons (Fsp3) is 0.160. The lowest BCUT2D eigenvalue weighted by molar-refractivity contribution is -0.120. The molecule has 1 unspecified atom stereocenters. The maximum atomic E-state index is 13.5. The molecular formula is C25H21ClN4O4. The van der Waals surface area contributed by atoms with E-state index in [1.54, 1.807) is 37.6 Å². The third kappa shape index (κ3) is 3.76. The Morgan fingerprint density at radius 3 is 2.68 bits per heavy atom. The molecule has 0 bridgehead atoms. The highest BCUT2D eigenvalue weighted by Gasteiger charge is 2.33. The van der Waals surface area contributed by atoms with Crippen molar-refractivity contribution < 1.29 is 19.1 Å². The number of amides is 1. The first-order chi connectivity index (χ1) is 16.5. The molecule has 2 aromatic heterocycles. The van der Waals surface area contributed by atoms with E-state index in [1.165, 1.54) is 12.0 Å². The molecule has 0 aliphatic carbocycles. The molecule has 0 saturated heterocycles. The highest BCUT2D eigenvalue weighted by Crippen LogP contribution is 2.39. The number of anilines is 2. The van der Waals surface area contributed by atoms with E-state index in [1.807, 2.05) is 30.3 Å². The van der Waals surface area contributed by atoms with Gasteiger partial charge in [-0.3, -0.25) is 9.59 Å². The van der Waals surface area contributed by atoms with Gasteiger partial charge in [-0.1, -0.05) is 29.8 Å². The van der Waals surface area contributed by atoms with Crippen LogP contribution in [0.15, 0.2) is 60.9 Å². The highest BCUT2D eigenvalue weighted by atomic mass is 35.5. The fourth-order valence-electron chi connectivity index (χ4n) is 4.05. The SMILES string of the molecule is COCC1Nc2c(cnc3[nH]cc(C(=O)c4ccc(Oc5ccccc5)cc4Cl)c23)N(C)C1=O. The molecule has 9 heteroatoms. The zero-order valence-electron chi connectivity index (χ0n) is 18.5. The summed E-state index contributed by atoms with van der Waals surface area (Å²) in [4.78, 5) is 35.2. The van der Waals surface area contributed by atoms with Crippen molar-refractivity contribution in [1.29, 1.82) is 0 Å². The number of benzene rings is 2. The van der Waals surface area contributed by atoms with Crippen molar-refractivity contribution in [2.45, 2.75) is 6.04 Å². The molecule has 172 valence electrons. The molecule has 5 rings (SSSR count). The minimum absolute atomic E-state index is 0.143. The van der Waals surface area contributed by atoms with Gasteiger partial charge in [-0.15, -0.1) is 0 Å². The van der Waals surface area contributed by atoms with E-state index >= 15 is 0 Å². The average molecular weight is 477 g/mol. The van der Waals surface area contributed by atoms with Crippen LogP contribution < -0.4 is 15.0 Å². The number of aromatic amines is 1. The number of halogens is 1. The molecule has 1 aliphatic rings. The molecule has 1 atom stereocenters. The molecule has 0 spiro atoms. The fourth-order valence-corrected chi connectivity index (χ4v) is 4.30. The number of ether oxygens (including phenoxy) is 2. The summed E-state index contributed by atoms with van der Waals surface area (Å²) in [7, 11) is 3.21. The number of methoxy groups -OCH3 is 1. The van der Waals surface area contributed by atoms with E-state index in [9.17, 15) is 9.59 Å². The Bertz CT molecular complexity index is 1400. The molecule has 0 fully saturated rings. The van der Waals surface area contributed by atoms with Crippen LogP contribution in [0.3, 0.4) is 0 Å². The lowest BCUT2D eigenvalue weighted by Crippen LogP contribution is -2.47. The van der Waals surface area contributed by atoms with Gasteiger partial charge in [-0.05, 0) is 24.3 Å². The Morgan fingerprint density at radius 2 is 1.94 bits per heavy atom. The molecular weight excluding hydrogens is 456 g/mol. The Kier molecular flexibility index (Phi) is 5.69. The van der Waals surface area contributed by atoms with Gasteiger partial charge in [-0.2, -0.15) is 0 Å². The van der Waals surface area contributed by atoms with Crippen molar-refractivity contribution in [3.05, 3.63) is 77.1 Å². The van der Waals surface area contributed by atoms with Gasteiger partial charge in [0.2, 0.25) is 0 Å². The van der Waals surface area contributed by atoms with Gasteiger partial charge in [0.05, 0.1) is 40.2 Å². The van der Waals surface area contributed by atoms with Crippen molar-refractivity contribution in [1.82, 2.24) is 9.97 Å². The number of carbonyl (C=O) groups excluding carboxylic acids is 2. The minimum atomic E-state index is -0.580. The number of carbonyl (C=O) groups is 2. The molecule has 0 radical (unpaired) electrons. The second-order valence-electron chi connectivity index (χ2n) is 7.88. The molecule has 2 aromatic carbocycles. The number of hydrogen-bond donors (Lipinski definition) is 2. The first-order valence-electron chi connectivity index (χ1n) is 10.6. The third-order valence-corrected chi connectivity index (χ3v) is 6.04. The Morgan fingerprint density at radius 1 is 1.15 bits per heavy atom. The number of pyridine rings is 1. The second-order valence-corrected chi connectivity index (χ2v) is 8.29. The van der Waals surface area contributed by atoms with E-state index in [-0.39, 0.29) is 23.3 Å². The monoisotopic (exact) mass is 476 g/mol. The van der Waals surface area contributed by atoms with Gasteiger partial charge in [0.25, 0.3) is 5.91 Å². The van der Waals surface area contributed by atoms with Crippen molar-refractivity contribution in [2.24, 2.45) is 0 Å². The number of H-pyrrole nitrogens is 1. The predicted molar refractivity (Wildman–Crippen MR) is 130 cm³/mol. The Balaban J connectivity index is 1.53. The summed E-state index contributed by atoms with van der Waals surface area (Å²) in [5.74, 6) is 0.774. The largest absolute Gasteiger partial charge is 0.457 e. The van der Waals surface area contributed by atoms with E-state index in [2.05, 4.69) is 15.3 Å². The average Bonchev–Trinajstić information content (AvgIpc) is 3.27. The van der Waals surface area contributed by atoms with Gasteiger partial charge >= 0.3 is 0 Å². The number of nitrogens with zero attached hydrogens (tertiary/aromatic N) is 2. The smallest absolute Gasteiger partial charge is 0.251 e. The molecule has 2 N–H and O–H groups in total. The first-order valence-corrected chi connectivity index (χ1v) is 11.0. The number of rotatable bonds is 6. The summed E-state index contributed by atoms with van der Waals surface area (Å²) in [6.45, 7) is 0.189. The highest BCUT2D eigenvalue weighted by molar-refractivity contribution is 6.36. The molecule has 34 heavy (non-hydrogen) atoms. The van der Waals surface area contributed by atoms with Crippen LogP contribution in [0.1, 0.15) is 15.9 Å². The quantitative estimate of drug-likeness (QED) is 0.393. The minimum Gasteiger partial charge on any atom is -0.457 e. The van der Waals surface area contributed by atoms with Crippen LogP contribution in [-0.4, -0.2) is 48.5 Å². The lowest BCUT2D eigenvalue weighted by Gasteiger charge is -2.32.